The third kappa shape index (κ3) is 4.67. The van der Waals surface area contributed by atoms with Crippen molar-refractivity contribution in [3.63, 3.8) is 0 Å². The van der Waals surface area contributed by atoms with Gasteiger partial charge in [-0.25, -0.2) is 4.39 Å². The molecule has 3 nitrogen and oxygen atoms in total. The van der Waals surface area contributed by atoms with Crippen molar-refractivity contribution in [2.75, 3.05) is 0 Å². The average molecular weight is 369 g/mol. The van der Waals surface area contributed by atoms with Gasteiger partial charge < -0.3 is 5.32 Å². The van der Waals surface area contributed by atoms with E-state index in [1.54, 1.807) is 42.7 Å². The molecule has 132 valence electrons. The van der Waals surface area contributed by atoms with Crippen molar-refractivity contribution < 1.29 is 9.18 Å². The zero-order valence-corrected chi connectivity index (χ0v) is 14.8. The van der Waals surface area contributed by atoms with Crippen LogP contribution in [-0.4, -0.2) is 10.9 Å². The van der Waals surface area contributed by atoms with Crippen LogP contribution in [0, 0.1) is 5.82 Å². The Morgan fingerprint density at radius 2 is 1.85 bits per heavy atom. The van der Waals surface area contributed by atoms with Gasteiger partial charge in [0.05, 0.1) is 5.92 Å². The van der Waals surface area contributed by atoms with E-state index in [1.807, 2.05) is 24.3 Å². The van der Waals surface area contributed by atoms with Crippen molar-refractivity contribution in [2.45, 2.75) is 18.9 Å². The minimum atomic E-state index is -0.414. The van der Waals surface area contributed by atoms with Gasteiger partial charge in [-0.15, -0.1) is 0 Å². The first-order chi connectivity index (χ1) is 12.6. The molecule has 0 aliphatic heterocycles. The number of halogens is 2. The zero-order chi connectivity index (χ0) is 18.4. The van der Waals surface area contributed by atoms with Crippen molar-refractivity contribution in [3.8, 4) is 0 Å². The number of aromatic nitrogens is 1. The second-order valence-electron chi connectivity index (χ2n) is 5.98. The van der Waals surface area contributed by atoms with Gasteiger partial charge in [0.1, 0.15) is 5.82 Å². The molecule has 0 aliphatic rings. The number of benzene rings is 2. The van der Waals surface area contributed by atoms with Crippen LogP contribution in [0.1, 0.15) is 22.6 Å². The molecule has 1 unspecified atom stereocenters. The van der Waals surface area contributed by atoms with E-state index in [0.717, 1.165) is 11.1 Å². The number of carbonyl (C=O) groups excluding carboxylic acids is 1. The van der Waals surface area contributed by atoms with Crippen molar-refractivity contribution >= 4 is 17.5 Å². The van der Waals surface area contributed by atoms with Crippen molar-refractivity contribution in [3.05, 3.63) is 101 Å². The molecule has 5 heteroatoms. The molecule has 1 atom stereocenters. The van der Waals surface area contributed by atoms with Crippen LogP contribution in [0.4, 0.5) is 4.39 Å². The number of rotatable bonds is 6. The summed E-state index contributed by atoms with van der Waals surface area (Å²) in [5.41, 5.74) is 2.26. The highest BCUT2D eigenvalue weighted by atomic mass is 35.5. The summed E-state index contributed by atoms with van der Waals surface area (Å²) in [5, 5.41) is 3.45. The Morgan fingerprint density at radius 3 is 2.54 bits per heavy atom. The average Bonchev–Trinajstić information content (AvgIpc) is 2.67. The maximum absolute atomic E-state index is 13.8. The smallest absolute Gasteiger partial charge is 0.228 e. The van der Waals surface area contributed by atoms with Crippen LogP contribution in [0.3, 0.4) is 0 Å². The maximum atomic E-state index is 13.8. The summed E-state index contributed by atoms with van der Waals surface area (Å²) in [4.78, 5) is 16.9. The van der Waals surface area contributed by atoms with Crippen molar-refractivity contribution in [1.29, 1.82) is 0 Å². The van der Waals surface area contributed by atoms with Gasteiger partial charge in [-0.1, -0.05) is 48.0 Å². The molecule has 26 heavy (non-hydrogen) atoms. The molecule has 0 bridgehead atoms. The minimum Gasteiger partial charge on any atom is -0.351 e. The summed E-state index contributed by atoms with van der Waals surface area (Å²) in [6, 6.07) is 17.4. The molecule has 3 rings (SSSR count). The third-order valence-corrected chi connectivity index (χ3v) is 4.41. The van der Waals surface area contributed by atoms with Gasteiger partial charge in [0.25, 0.3) is 0 Å². The van der Waals surface area contributed by atoms with Gasteiger partial charge in [-0.05, 0) is 41.8 Å². The highest BCUT2D eigenvalue weighted by Crippen LogP contribution is 2.23. The molecule has 1 N–H and O–H groups in total. The van der Waals surface area contributed by atoms with E-state index in [0.29, 0.717) is 17.0 Å². The topological polar surface area (TPSA) is 42.0 Å². The molecule has 0 saturated carbocycles. The minimum absolute atomic E-state index is 0.142. The first-order valence-electron chi connectivity index (χ1n) is 8.29. The summed E-state index contributed by atoms with van der Waals surface area (Å²) in [6.07, 6.45) is 3.94. The fourth-order valence-electron chi connectivity index (χ4n) is 2.76. The highest BCUT2D eigenvalue weighted by Gasteiger charge is 2.21. The Balaban J connectivity index is 1.78. The molecule has 1 aromatic heterocycles. The number of pyridine rings is 1. The maximum Gasteiger partial charge on any atom is 0.228 e. The summed E-state index contributed by atoms with van der Waals surface area (Å²) in [5.74, 6) is -0.911. The van der Waals surface area contributed by atoms with E-state index in [1.165, 1.54) is 6.07 Å². The summed E-state index contributed by atoms with van der Waals surface area (Å²) in [6.45, 7) is 0.142. The van der Waals surface area contributed by atoms with Gasteiger partial charge in [0.2, 0.25) is 5.91 Å². The monoisotopic (exact) mass is 368 g/mol. The van der Waals surface area contributed by atoms with Gasteiger partial charge >= 0.3 is 0 Å². The molecule has 0 saturated heterocycles. The molecule has 2 aromatic carbocycles. The predicted octanol–water partition coefficient (Wildman–Crippen LogP) is 4.52. The highest BCUT2D eigenvalue weighted by molar-refractivity contribution is 6.30. The fourth-order valence-corrected chi connectivity index (χ4v) is 2.88. The van der Waals surface area contributed by atoms with E-state index in [9.17, 15) is 9.18 Å². The Morgan fingerprint density at radius 1 is 1.08 bits per heavy atom. The molecular formula is C21H18ClFN2O. The number of hydrogen-bond acceptors (Lipinski definition) is 2. The molecule has 0 spiro atoms. The van der Waals surface area contributed by atoms with Crippen molar-refractivity contribution in [2.24, 2.45) is 0 Å². The second-order valence-corrected chi connectivity index (χ2v) is 6.42. The van der Waals surface area contributed by atoms with Crippen molar-refractivity contribution in [1.82, 2.24) is 10.3 Å². The summed E-state index contributed by atoms with van der Waals surface area (Å²) >= 11 is 5.96. The molecule has 0 radical (unpaired) electrons. The lowest BCUT2D eigenvalue weighted by atomic mass is 9.91. The van der Waals surface area contributed by atoms with Gasteiger partial charge in [-0.2, -0.15) is 0 Å². The summed E-state index contributed by atoms with van der Waals surface area (Å²) < 4.78 is 13.8. The predicted molar refractivity (Wildman–Crippen MR) is 100 cm³/mol. The number of hydrogen-bond donors (Lipinski definition) is 1. The largest absolute Gasteiger partial charge is 0.351 e. The molecule has 3 aromatic rings. The number of nitrogens with one attached hydrogen (secondary N) is 1. The normalized spacial score (nSPS) is 11.8. The first-order valence-corrected chi connectivity index (χ1v) is 8.67. The lowest BCUT2D eigenvalue weighted by molar-refractivity contribution is -0.122. The van der Waals surface area contributed by atoms with Crippen LogP contribution in [0.5, 0.6) is 0 Å². The second kappa shape index (κ2) is 8.59. The van der Waals surface area contributed by atoms with E-state index in [-0.39, 0.29) is 18.3 Å². The quantitative estimate of drug-likeness (QED) is 0.695. The van der Waals surface area contributed by atoms with Gasteiger partial charge in [0.15, 0.2) is 0 Å². The molecule has 0 aliphatic carbocycles. The Kier molecular flexibility index (Phi) is 5.97. The Bertz CT molecular complexity index is 869. The number of amides is 1. The molecule has 1 heterocycles. The van der Waals surface area contributed by atoms with E-state index < -0.39 is 5.92 Å². The standard InChI is InChI=1S/C21H18ClFN2O/c22-18-9-7-16(8-10-18)19(12-15-4-3-11-24-13-15)21(26)25-14-17-5-1-2-6-20(17)23/h1-11,13,19H,12,14H2,(H,25,26). The lowest BCUT2D eigenvalue weighted by Gasteiger charge is -2.18. The van der Waals surface area contributed by atoms with Crippen LogP contribution in [-0.2, 0) is 17.8 Å². The molecule has 0 fully saturated rings. The van der Waals surface area contributed by atoms with Gasteiger partial charge in [-0.3, -0.25) is 9.78 Å². The van der Waals surface area contributed by atoms with Crippen LogP contribution < -0.4 is 5.32 Å². The van der Waals surface area contributed by atoms with Crippen LogP contribution in [0.2, 0.25) is 5.02 Å². The zero-order valence-electron chi connectivity index (χ0n) is 14.0. The number of nitrogens with zero attached hydrogens (tertiary/aromatic N) is 1. The fraction of sp³-hybridized carbons (Fsp3) is 0.143. The third-order valence-electron chi connectivity index (χ3n) is 4.16. The van der Waals surface area contributed by atoms with Crippen LogP contribution in [0.25, 0.3) is 0 Å². The molecular weight excluding hydrogens is 351 g/mol. The van der Waals surface area contributed by atoms with Crippen LogP contribution in [0.15, 0.2) is 73.1 Å². The first kappa shape index (κ1) is 18.1. The van der Waals surface area contributed by atoms with E-state index in [4.69, 9.17) is 11.6 Å². The van der Waals surface area contributed by atoms with E-state index >= 15 is 0 Å². The molecule has 1 amide bonds. The van der Waals surface area contributed by atoms with Gasteiger partial charge in [0, 0.05) is 29.5 Å². The number of carbonyl (C=O) groups is 1. The lowest BCUT2D eigenvalue weighted by Crippen LogP contribution is -2.30. The SMILES string of the molecule is O=C(NCc1ccccc1F)C(Cc1cccnc1)c1ccc(Cl)cc1. The van der Waals surface area contributed by atoms with Crippen LogP contribution >= 0.6 is 11.6 Å². The van der Waals surface area contributed by atoms with E-state index in [2.05, 4.69) is 10.3 Å². The Labute approximate surface area is 156 Å². The summed E-state index contributed by atoms with van der Waals surface area (Å²) in [7, 11) is 0. The Hall–Kier alpha value is -2.72.